The Balaban J connectivity index is 1.91. The third-order valence-electron chi connectivity index (χ3n) is 3.62. The molecule has 1 aromatic rings. The van der Waals surface area contributed by atoms with Crippen molar-refractivity contribution in [3.8, 4) is 5.75 Å². The van der Waals surface area contributed by atoms with E-state index in [4.69, 9.17) is 4.74 Å². The van der Waals surface area contributed by atoms with E-state index in [2.05, 4.69) is 26.0 Å². The molecule has 0 radical (unpaired) electrons. The maximum atomic E-state index is 12.6. The van der Waals surface area contributed by atoms with Gasteiger partial charge < -0.3 is 10.1 Å². The van der Waals surface area contributed by atoms with Crippen LogP contribution in [0.1, 0.15) is 18.4 Å². The van der Waals surface area contributed by atoms with Gasteiger partial charge in [-0.2, -0.15) is 0 Å². The molecule has 20 heavy (non-hydrogen) atoms. The van der Waals surface area contributed by atoms with Gasteiger partial charge in [0.05, 0.1) is 6.61 Å². The molecule has 0 aromatic heterocycles. The van der Waals surface area contributed by atoms with Crippen molar-refractivity contribution < 1.29 is 13.2 Å². The Morgan fingerprint density at radius 3 is 3.00 bits per heavy atom. The summed E-state index contributed by atoms with van der Waals surface area (Å²) < 4.78 is 34.2. The first kappa shape index (κ1) is 14.3. The maximum Gasteiger partial charge on any atom is 0.244 e. The predicted molar refractivity (Wildman–Crippen MR) is 79.6 cm³/mol. The largest absolute Gasteiger partial charge is 0.492 e. The molecule has 7 heteroatoms. The Kier molecular flexibility index (Phi) is 4.03. The third-order valence-corrected chi connectivity index (χ3v) is 5.61. The molecule has 1 aromatic carbocycles. The molecule has 2 aliphatic rings. The van der Waals surface area contributed by atoms with Crippen LogP contribution in [0.15, 0.2) is 21.5 Å². The van der Waals surface area contributed by atoms with Gasteiger partial charge in [-0.1, -0.05) is 15.9 Å². The number of hydrogen-bond donors (Lipinski definition) is 2. The van der Waals surface area contributed by atoms with Gasteiger partial charge in [-0.15, -0.1) is 0 Å². The van der Waals surface area contributed by atoms with Crippen LogP contribution < -0.4 is 14.8 Å². The lowest BCUT2D eigenvalue weighted by Gasteiger charge is -2.24. The number of rotatable bonds is 3. The van der Waals surface area contributed by atoms with E-state index < -0.39 is 10.0 Å². The Bertz CT molecular complexity index is 612. The Morgan fingerprint density at radius 2 is 2.25 bits per heavy atom. The van der Waals surface area contributed by atoms with Crippen molar-refractivity contribution in [1.29, 1.82) is 0 Å². The molecule has 1 unspecified atom stereocenters. The van der Waals surface area contributed by atoms with Crippen molar-refractivity contribution >= 4 is 26.0 Å². The SMILES string of the molecule is O=S(=O)(NC1CCCNC1)c1cc(Br)cc2c1OCC2. The number of nitrogens with one attached hydrogen (secondary N) is 2. The molecule has 0 saturated carbocycles. The number of fused-ring (bicyclic) bond motifs is 1. The summed E-state index contributed by atoms with van der Waals surface area (Å²) in [6, 6.07) is 3.48. The van der Waals surface area contributed by atoms with Gasteiger partial charge in [0.2, 0.25) is 10.0 Å². The Hall–Kier alpha value is -0.630. The quantitative estimate of drug-likeness (QED) is 0.855. The average Bonchev–Trinajstić information content (AvgIpc) is 2.86. The minimum Gasteiger partial charge on any atom is -0.492 e. The van der Waals surface area contributed by atoms with E-state index in [-0.39, 0.29) is 10.9 Å². The van der Waals surface area contributed by atoms with E-state index in [1.54, 1.807) is 6.07 Å². The molecule has 2 heterocycles. The van der Waals surface area contributed by atoms with Crippen LogP contribution in [0.25, 0.3) is 0 Å². The van der Waals surface area contributed by atoms with Crippen LogP contribution in [-0.2, 0) is 16.4 Å². The summed E-state index contributed by atoms with van der Waals surface area (Å²) >= 11 is 3.37. The molecular formula is C13H17BrN2O3S. The minimum atomic E-state index is -3.55. The fourth-order valence-electron chi connectivity index (χ4n) is 2.67. The molecule has 5 nitrogen and oxygen atoms in total. The van der Waals surface area contributed by atoms with Crippen molar-refractivity contribution in [3.05, 3.63) is 22.2 Å². The molecule has 0 amide bonds. The second-order valence-electron chi connectivity index (χ2n) is 5.16. The summed E-state index contributed by atoms with van der Waals surface area (Å²) in [5, 5.41) is 3.21. The third kappa shape index (κ3) is 2.86. The normalized spacial score (nSPS) is 22.4. The van der Waals surface area contributed by atoms with Crippen LogP contribution in [0.3, 0.4) is 0 Å². The molecule has 0 bridgehead atoms. The number of ether oxygens (including phenoxy) is 1. The zero-order chi connectivity index (χ0) is 14.2. The van der Waals surface area contributed by atoms with E-state index in [0.717, 1.165) is 35.8 Å². The minimum absolute atomic E-state index is 0.0511. The zero-order valence-corrected chi connectivity index (χ0v) is 13.4. The number of piperidine rings is 1. The van der Waals surface area contributed by atoms with Crippen molar-refractivity contribution in [2.45, 2.75) is 30.2 Å². The fraction of sp³-hybridized carbons (Fsp3) is 0.538. The first-order valence-electron chi connectivity index (χ1n) is 6.74. The molecule has 1 atom stereocenters. The van der Waals surface area contributed by atoms with Crippen LogP contribution in [0.4, 0.5) is 0 Å². The van der Waals surface area contributed by atoms with Gasteiger partial charge in [-0.05, 0) is 31.5 Å². The summed E-state index contributed by atoms with van der Waals surface area (Å²) in [5.41, 5.74) is 0.946. The highest BCUT2D eigenvalue weighted by Crippen LogP contribution is 2.35. The molecule has 0 spiro atoms. The van der Waals surface area contributed by atoms with Gasteiger partial charge in [0, 0.05) is 29.0 Å². The average molecular weight is 361 g/mol. The molecular weight excluding hydrogens is 344 g/mol. The Morgan fingerprint density at radius 1 is 1.40 bits per heavy atom. The van der Waals surface area contributed by atoms with Crippen molar-refractivity contribution in [3.63, 3.8) is 0 Å². The van der Waals surface area contributed by atoms with E-state index in [9.17, 15) is 8.42 Å². The van der Waals surface area contributed by atoms with Gasteiger partial charge in [-0.3, -0.25) is 0 Å². The summed E-state index contributed by atoms with van der Waals surface area (Å²) in [5.74, 6) is 0.504. The molecule has 0 aliphatic carbocycles. The van der Waals surface area contributed by atoms with Gasteiger partial charge in [0.1, 0.15) is 10.6 Å². The van der Waals surface area contributed by atoms with Crippen LogP contribution in [0.5, 0.6) is 5.75 Å². The molecule has 1 saturated heterocycles. The summed E-state index contributed by atoms with van der Waals surface area (Å²) in [4.78, 5) is 0.241. The second-order valence-corrected chi connectivity index (χ2v) is 7.75. The summed E-state index contributed by atoms with van der Waals surface area (Å²) in [6.07, 6.45) is 2.60. The number of benzene rings is 1. The lowest BCUT2D eigenvalue weighted by molar-refractivity contribution is 0.348. The highest BCUT2D eigenvalue weighted by molar-refractivity contribution is 9.10. The first-order chi connectivity index (χ1) is 9.56. The van der Waals surface area contributed by atoms with Crippen LogP contribution in [-0.4, -0.2) is 34.2 Å². The predicted octanol–water partition coefficient (Wildman–Crippen LogP) is 1.41. The number of hydrogen-bond acceptors (Lipinski definition) is 4. The highest BCUT2D eigenvalue weighted by Gasteiger charge is 2.28. The number of halogens is 1. The smallest absolute Gasteiger partial charge is 0.244 e. The standard InChI is InChI=1S/C13H17BrN2O3S/c14-10-6-9-3-5-19-13(9)12(7-10)20(17,18)16-11-2-1-4-15-8-11/h6-7,11,15-16H,1-5,8H2. The van der Waals surface area contributed by atoms with E-state index in [0.29, 0.717) is 18.9 Å². The van der Waals surface area contributed by atoms with Gasteiger partial charge in [-0.25, -0.2) is 13.1 Å². The fourth-order valence-corrected chi connectivity index (χ4v) is 4.81. The lowest BCUT2D eigenvalue weighted by atomic mass is 10.1. The topological polar surface area (TPSA) is 67.4 Å². The maximum absolute atomic E-state index is 12.6. The molecule has 1 fully saturated rings. The van der Waals surface area contributed by atoms with Crippen LogP contribution in [0.2, 0.25) is 0 Å². The number of sulfonamides is 1. The zero-order valence-electron chi connectivity index (χ0n) is 11.0. The van der Waals surface area contributed by atoms with E-state index in [1.807, 2.05) is 6.07 Å². The van der Waals surface area contributed by atoms with Gasteiger partial charge >= 0.3 is 0 Å². The monoisotopic (exact) mass is 360 g/mol. The summed E-state index contributed by atoms with van der Waals surface area (Å²) in [7, 11) is -3.55. The van der Waals surface area contributed by atoms with Gasteiger partial charge in [0.25, 0.3) is 0 Å². The molecule has 2 N–H and O–H groups in total. The first-order valence-corrected chi connectivity index (χ1v) is 9.02. The van der Waals surface area contributed by atoms with Crippen LogP contribution in [0, 0.1) is 0 Å². The second kappa shape index (κ2) is 5.63. The van der Waals surface area contributed by atoms with Crippen molar-refractivity contribution in [2.24, 2.45) is 0 Å². The van der Waals surface area contributed by atoms with Crippen molar-refractivity contribution in [2.75, 3.05) is 19.7 Å². The molecule has 3 rings (SSSR count). The van der Waals surface area contributed by atoms with E-state index in [1.165, 1.54) is 0 Å². The molecule has 2 aliphatic heterocycles. The Labute approximate surface area is 127 Å². The molecule has 110 valence electrons. The van der Waals surface area contributed by atoms with Gasteiger partial charge in [0.15, 0.2) is 0 Å². The summed E-state index contributed by atoms with van der Waals surface area (Å²) in [6.45, 7) is 2.17. The highest BCUT2D eigenvalue weighted by atomic mass is 79.9. The van der Waals surface area contributed by atoms with Crippen molar-refractivity contribution in [1.82, 2.24) is 10.0 Å². The van der Waals surface area contributed by atoms with Crippen LogP contribution >= 0.6 is 15.9 Å². The van der Waals surface area contributed by atoms with E-state index >= 15 is 0 Å². The lowest BCUT2D eigenvalue weighted by Crippen LogP contribution is -2.45.